The van der Waals surface area contributed by atoms with Crippen LogP contribution in [0.3, 0.4) is 0 Å². The lowest BCUT2D eigenvalue weighted by Crippen LogP contribution is -2.37. The average molecular weight is 401 g/mol. The summed E-state index contributed by atoms with van der Waals surface area (Å²) in [6, 6.07) is 12.9. The topological polar surface area (TPSA) is 111 Å². The van der Waals surface area contributed by atoms with E-state index in [2.05, 4.69) is 5.32 Å². The molecule has 2 aromatic carbocycles. The number of nitrogens with zero attached hydrogens (tertiary/aromatic N) is 2. The van der Waals surface area contributed by atoms with Gasteiger partial charge in [0.1, 0.15) is 5.69 Å². The molecule has 0 aliphatic rings. The number of nitro groups is 1. The number of carbonyl (C=O) groups is 2. The van der Waals surface area contributed by atoms with E-state index >= 15 is 0 Å². The molecular weight excluding hydrogens is 378 g/mol. The number of anilines is 2. The Kier molecular flexibility index (Phi) is 7.67. The Hall–Kier alpha value is -3.46. The number of para-hydroxylation sites is 1. The minimum absolute atomic E-state index is 0.0176. The molecule has 0 radical (unpaired) electrons. The van der Waals surface area contributed by atoms with Gasteiger partial charge in [0.15, 0.2) is 6.10 Å². The molecule has 0 saturated carbocycles. The summed E-state index contributed by atoms with van der Waals surface area (Å²) in [5.41, 5.74) is 0.631. The fourth-order valence-electron chi connectivity index (χ4n) is 2.58. The Bertz CT molecular complexity index is 872. The summed E-state index contributed by atoms with van der Waals surface area (Å²) in [7, 11) is 3.10. The zero-order valence-electron chi connectivity index (χ0n) is 16.5. The van der Waals surface area contributed by atoms with Gasteiger partial charge in [-0.1, -0.05) is 18.2 Å². The lowest BCUT2D eigenvalue weighted by atomic mass is 10.1. The van der Waals surface area contributed by atoms with Crippen LogP contribution in [-0.4, -0.2) is 50.2 Å². The zero-order chi connectivity index (χ0) is 21.4. The molecule has 1 N–H and O–H groups in total. The zero-order valence-corrected chi connectivity index (χ0v) is 16.5. The number of likely N-dealkylation sites (N-methyl/N-ethyl adjacent to an activating group) is 1. The normalized spacial score (nSPS) is 11.4. The van der Waals surface area contributed by atoms with Crippen molar-refractivity contribution in [3.8, 4) is 0 Å². The van der Waals surface area contributed by atoms with Crippen molar-refractivity contribution in [1.29, 1.82) is 0 Å². The smallest absolute Gasteiger partial charge is 0.339 e. The first kappa shape index (κ1) is 21.8. The fraction of sp³-hybridized carbons (Fsp3) is 0.300. The molecule has 0 fully saturated rings. The van der Waals surface area contributed by atoms with Crippen molar-refractivity contribution in [1.82, 2.24) is 0 Å². The Labute approximate surface area is 168 Å². The Morgan fingerprint density at radius 1 is 1.21 bits per heavy atom. The predicted molar refractivity (Wildman–Crippen MR) is 108 cm³/mol. The molecule has 1 amide bonds. The number of nitrogens with one attached hydrogen (secondary N) is 1. The third-order valence-corrected chi connectivity index (χ3v) is 4.16. The van der Waals surface area contributed by atoms with Crippen molar-refractivity contribution in [2.75, 3.05) is 37.5 Å². The highest BCUT2D eigenvalue weighted by atomic mass is 16.6. The molecule has 0 spiro atoms. The fourth-order valence-corrected chi connectivity index (χ4v) is 2.58. The standard InChI is InChI=1S/C20H23N3O6/c1-14(19(24)22(2)16-7-5-4-6-8-16)29-20(25)15-9-10-17(21-11-12-28-3)18(13-15)23(26)27/h4-10,13-14,21H,11-12H2,1-3H3/t14-/m1/s1. The van der Waals surface area contributed by atoms with E-state index in [9.17, 15) is 19.7 Å². The molecule has 2 aromatic rings. The van der Waals surface area contributed by atoms with Gasteiger partial charge in [0.25, 0.3) is 11.6 Å². The van der Waals surface area contributed by atoms with Crippen molar-refractivity contribution in [2.45, 2.75) is 13.0 Å². The quantitative estimate of drug-likeness (QED) is 0.298. The number of esters is 1. The third-order valence-electron chi connectivity index (χ3n) is 4.16. The summed E-state index contributed by atoms with van der Waals surface area (Å²) in [5, 5.41) is 14.2. The van der Waals surface area contributed by atoms with Crippen molar-refractivity contribution in [3.63, 3.8) is 0 Å². The van der Waals surface area contributed by atoms with E-state index in [1.54, 1.807) is 31.3 Å². The van der Waals surface area contributed by atoms with E-state index < -0.39 is 22.9 Å². The van der Waals surface area contributed by atoms with E-state index in [0.29, 0.717) is 18.8 Å². The SMILES string of the molecule is COCCNc1ccc(C(=O)O[C@H](C)C(=O)N(C)c2ccccc2)cc1[N+](=O)[O-]. The first-order chi connectivity index (χ1) is 13.8. The van der Waals surface area contributed by atoms with Gasteiger partial charge in [0.05, 0.1) is 17.1 Å². The van der Waals surface area contributed by atoms with Gasteiger partial charge in [-0.2, -0.15) is 0 Å². The molecule has 0 aliphatic heterocycles. The van der Waals surface area contributed by atoms with E-state index in [-0.39, 0.29) is 16.9 Å². The maximum absolute atomic E-state index is 12.5. The van der Waals surface area contributed by atoms with Gasteiger partial charge >= 0.3 is 5.97 Å². The first-order valence-electron chi connectivity index (χ1n) is 8.90. The largest absolute Gasteiger partial charge is 0.449 e. The second-order valence-corrected chi connectivity index (χ2v) is 6.19. The Morgan fingerprint density at radius 2 is 1.90 bits per heavy atom. The van der Waals surface area contributed by atoms with Crippen LogP contribution in [0.5, 0.6) is 0 Å². The number of rotatable bonds is 9. The van der Waals surface area contributed by atoms with Crippen LogP contribution in [0.25, 0.3) is 0 Å². The molecule has 0 saturated heterocycles. The van der Waals surface area contributed by atoms with E-state index in [1.807, 2.05) is 6.07 Å². The van der Waals surface area contributed by atoms with Crippen LogP contribution in [0.4, 0.5) is 17.1 Å². The molecule has 1 atom stereocenters. The maximum atomic E-state index is 12.5. The minimum Gasteiger partial charge on any atom is -0.449 e. The highest BCUT2D eigenvalue weighted by Gasteiger charge is 2.25. The number of amides is 1. The molecule has 0 heterocycles. The number of ether oxygens (including phenoxy) is 2. The molecule has 0 aliphatic carbocycles. The molecule has 9 heteroatoms. The summed E-state index contributed by atoms with van der Waals surface area (Å²) in [6.45, 7) is 2.20. The van der Waals surface area contributed by atoms with Crippen LogP contribution in [0.15, 0.2) is 48.5 Å². The predicted octanol–water partition coefficient (Wildman–Crippen LogP) is 2.86. The third kappa shape index (κ3) is 5.76. The number of benzene rings is 2. The number of carbonyl (C=O) groups excluding carboxylic acids is 2. The number of methoxy groups -OCH3 is 1. The molecule has 0 aromatic heterocycles. The molecule has 2 rings (SSSR count). The van der Waals surface area contributed by atoms with Crippen LogP contribution < -0.4 is 10.2 Å². The van der Waals surface area contributed by atoms with Gasteiger partial charge < -0.3 is 19.7 Å². The van der Waals surface area contributed by atoms with Gasteiger partial charge in [-0.15, -0.1) is 0 Å². The lowest BCUT2D eigenvalue weighted by molar-refractivity contribution is -0.384. The van der Waals surface area contributed by atoms with Gasteiger partial charge in [-0.25, -0.2) is 4.79 Å². The van der Waals surface area contributed by atoms with E-state index in [0.717, 1.165) is 6.07 Å². The Morgan fingerprint density at radius 3 is 2.52 bits per heavy atom. The van der Waals surface area contributed by atoms with E-state index in [4.69, 9.17) is 9.47 Å². The highest BCUT2D eigenvalue weighted by Crippen LogP contribution is 2.26. The molecule has 0 bridgehead atoms. The number of hydrogen-bond donors (Lipinski definition) is 1. The summed E-state index contributed by atoms with van der Waals surface area (Å²) >= 11 is 0. The molecule has 0 unspecified atom stereocenters. The van der Waals surface area contributed by atoms with Crippen LogP contribution in [-0.2, 0) is 14.3 Å². The number of hydrogen-bond acceptors (Lipinski definition) is 7. The highest BCUT2D eigenvalue weighted by molar-refractivity contribution is 5.99. The van der Waals surface area contributed by atoms with Gasteiger partial charge in [-0.05, 0) is 31.2 Å². The van der Waals surface area contributed by atoms with Crippen molar-refractivity contribution in [2.24, 2.45) is 0 Å². The summed E-state index contributed by atoms with van der Waals surface area (Å²) < 4.78 is 10.1. The van der Waals surface area contributed by atoms with Gasteiger partial charge in [-0.3, -0.25) is 14.9 Å². The van der Waals surface area contributed by atoms with E-state index in [1.165, 1.54) is 31.1 Å². The Balaban J connectivity index is 2.10. The first-order valence-corrected chi connectivity index (χ1v) is 8.90. The monoisotopic (exact) mass is 401 g/mol. The van der Waals surface area contributed by atoms with Crippen LogP contribution >= 0.6 is 0 Å². The average Bonchev–Trinajstić information content (AvgIpc) is 2.73. The summed E-state index contributed by atoms with van der Waals surface area (Å²) in [6.07, 6.45) is -1.06. The molecule has 154 valence electrons. The van der Waals surface area contributed by atoms with Crippen LogP contribution in [0.2, 0.25) is 0 Å². The van der Waals surface area contributed by atoms with Crippen molar-refractivity contribution in [3.05, 3.63) is 64.2 Å². The van der Waals surface area contributed by atoms with Crippen molar-refractivity contribution >= 4 is 28.9 Å². The lowest BCUT2D eigenvalue weighted by Gasteiger charge is -2.21. The summed E-state index contributed by atoms with van der Waals surface area (Å²) in [5.74, 6) is -1.24. The van der Waals surface area contributed by atoms with Crippen molar-refractivity contribution < 1.29 is 24.0 Å². The second kappa shape index (κ2) is 10.2. The second-order valence-electron chi connectivity index (χ2n) is 6.19. The number of nitro benzene ring substituents is 1. The van der Waals surface area contributed by atoms with Gasteiger partial charge in [0, 0.05) is 32.5 Å². The summed E-state index contributed by atoms with van der Waals surface area (Å²) in [4.78, 5) is 37.0. The van der Waals surface area contributed by atoms with Crippen LogP contribution in [0.1, 0.15) is 17.3 Å². The molecule has 9 nitrogen and oxygen atoms in total. The van der Waals surface area contributed by atoms with Gasteiger partial charge in [0.2, 0.25) is 0 Å². The maximum Gasteiger partial charge on any atom is 0.339 e. The molecule has 29 heavy (non-hydrogen) atoms. The van der Waals surface area contributed by atoms with Crippen LogP contribution in [0, 0.1) is 10.1 Å². The molecular formula is C20H23N3O6. The minimum atomic E-state index is -1.06.